The molecule has 1 amide bonds. The summed E-state index contributed by atoms with van der Waals surface area (Å²) in [6.45, 7) is 9.25. The number of halogens is 4. The minimum absolute atomic E-state index is 0.0725. The Morgan fingerprint density at radius 3 is 2.15 bits per heavy atom. The van der Waals surface area contributed by atoms with Crippen molar-refractivity contribution in [3.63, 3.8) is 0 Å². The molecule has 248 valence electrons. The highest BCUT2D eigenvalue weighted by Crippen LogP contribution is 2.49. The number of carboxylic acids is 1. The predicted molar refractivity (Wildman–Crippen MR) is 170 cm³/mol. The van der Waals surface area contributed by atoms with Crippen molar-refractivity contribution in [3.8, 4) is 11.5 Å². The molecule has 1 unspecified atom stereocenters. The predicted octanol–water partition coefficient (Wildman–Crippen LogP) is 7.63. The number of hydrogen-bond donors (Lipinski definition) is 2. The summed E-state index contributed by atoms with van der Waals surface area (Å²) >= 11 is 6.05. The van der Waals surface area contributed by atoms with Gasteiger partial charge in [-0.05, 0) is 59.4 Å². The normalized spacial score (nSPS) is 20.9. The number of methoxy groups -OCH3 is 1. The highest BCUT2D eigenvalue weighted by molar-refractivity contribution is 6.30. The molecule has 0 aliphatic carbocycles. The molecule has 0 bridgehead atoms. The molecule has 1 saturated heterocycles. The lowest BCUT2D eigenvalue weighted by Crippen LogP contribution is -2.52. The van der Waals surface area contributed by atoms with Crippen molar-refractivity contribution in [2.75, 3.05) is 7.11 Å². The van der Waals surface area contributed by atoms with Gasteiger partial charge in [-0.1, -0.05) is 76.6 Å². The quantitative estimate of drug-likeness (QED) is 0.233. The van der Waals surface area contributed by atoms with E-state index in [9.17, 15) is 27.9 Å². The van der Waals surface area contributed by atoms with Gasteiger partial charge >= 0.3 is 12.1 Å². The smallest absolute Gasteiger partial charge is 0.416 e. The molecular weight excluding hydrogens is 621 g/mol. The van der Waals surface area contributed by atoms with Crippen LogP contribution in [-0.4, -0.2) is 47.2 Å². The average Bonchev–Trinajstić information content (AvgIpc) is 3.35. The van der Waals surface area contributed by atoms with E-state index in [4.69, 9.17) is 21.1 Å². The maximum atomic E-state index is 14.6. The molecule has 2 N–H and O–H groups in total. The summed E-state index contributed by atoms with van der Waals surface area (Å²) in [6, 6.07) is 16.1. The number of likely N-dealkylation sites (tertiary alicyclic amines) is 1. The lowest BCUT2D eigenvalue weighted by Gasteiger charge is -2.36. The molecule has 4 rings (SSSR count). The molecule has 1 fully saturated rings. The summed E-state index contributed by atoms with van der Waals surface area (Å²) in [5, 5.41) is 14.6. The van der Waals surface area contributed by atoms with Crippen molar-refractivity contribution in [2.45, 2.75) is 71.6 Å². The number of amides is 1. The molecule has 7 nitrogen and oxygen atoms in total. The number of alkyl halides is 3. The molecule has 3 aromatic carbocycles. The molecule has 0 spiro atoms. The van der Waals surface area contributed by atoms with E-state index in [2.05, 4.69) is 5.32 Å². The maximum absolute atomic E-state index is 14.6. The monoisotopic (exact) mass is 660 g/mol. The van der Waals surface area contributed by atoms with Crippen LogP contribution in [0.25, 0.3) is 0 Å². The van der Waals surface area contributed by atoms with Crippen molar-refractivity contribution in [3.05, 3.63) is 94.5 Å². The van der Waals surface area contributed by atoms with Gasteiger partial charge in [0.2, 0.25) is 0 Å². The fourth-order valence-electron chi connectivity index (χ4n) is 6.33. The van der Waals surface area contributed by atoms with Gasteiger partial charge in [0.1, 0.15) is 17.5 Å². The van der Waals surface area contributed by atoms with Crippen LogP contribution >= 0.6 is 11.6 Å². The molecule has 1 aliphatic rings. The molecule has 3 aromatic rings. The van der Waals surface area contributed by atoms with E-state index in [0.29, 0.717) is 16.3 Å². The summed E-state index contributed by atoms with van der Waals surface area (Å²) in [6.07, 6.45) is -5.61. The number of hydrogen-bond acceptors (Lipinski definition) is 5. The molecule has 0 aromatic heterocycles. The van der Waals surface area contributed by atoms with Gasteiger partial charge < -0.3 is 24.8 Å². The summed E-state index contributed by atoms with van der Waals surface area (Å²) in [5.41, 5.74) is -0.566. The van der Waals surface area contributed by atoms with Crippen LogP contribution in [0.2, 0.25) is 5.02 Å². The fraction of sp³-hybridized carbons (Fsp3) is 0.429. The number of ether oxygens (including phenoxy) is 2. The van der Waals surface area contributed by atoms with Gasteiger partial charge in [0.05, 0.1) is 18.7 Å². The Labute approximate surface area is 272 Å². The lowest BCUT2D eigenvalue weighted by atomic mass is 9.72. The number of nitrogens with one attached hydrogen (secondary N) is 1. The van der Waals surface area contributed by atoms with Crippen LogP contribution in [0.15, 0.2) is 72.8 Å². The standard InChI is InChI=1S/C35H40ClF3N2O5/c1-20(2)31(46-25-15-13-24(36)14-16-25)32(42)41-29(21-10-8-7-9-11-21)28(27(34(3,4)5)30(41)33(43)44)40-19-22-18-23(35(37,38)39)12-17-26(22)45-6/h7-18,20,27-31,40H,19H2,1-6H3,(H,43,44)/t27-,28-,29-,30-,31?/m0/s1. The van der Waals surface area contributed by atoms with E-state index in [1.165, 1.54) is 18.1 Å². The van der Waals surface area contributed by atoms with Crippen LogP contribution in [0.3, 0.4) is 0 Å². The minimum atomic E-state index is -4.57. The number of benzene rings is 3. The van der Waals surface area contributed by atoms with Crippen molar-refractivity contribution >= 4 is 23.5 Å². The summed E-state index contributed by atoms with van der Waals surface area (Å²) < 4.78 is 52.5. The third-order valence-electron chi connectivity index (χ3n) is 8.38. The number of nitrogens with zero attached hydrogens (tertiary/aromatic N) is 1. The zero-order chi connectivity index (χ0) is 34.0. The molecule has 1 heterocycles. The molecule has 1 aliphatic heterocycles. The molecule has 11 heteroatoms. The first-order valence-electron chi connectivity index (χ1n) is 15.0. The number of rotatable bonds is 10. The van der Waals surface area contributed by atoms with Crippen molar-refractivity contribution in [1.82, 2.24) is 10.2 Å². The summed E-state index contributed by atoms with van der Waals surface area (Å²) in [7, 11) is 1.37. The van der Waals surface area contributed by atoms with Gasteiger partial charge in [-0.2, -0.15) is 13.2 Å². The highest BCUT2D eigenvalue weighted by Gasteiger charge is 2.59. The maximum Gasteiger partial charge on any atom is 0.416 e. The van der Waals surface area contributed by atoms with Gasteiger partial charge in [0.25, 0.3) is 5.91 Å². The molecule has 5 atom stereocenters. The largest absolute Gasteiger partial charge is 0.496 e. The van der Waals surface area contributed by atoms with Crippen LogP contribution < -0.4 is 14.8 Å². The first-order chi connectivity index (χ1) is 21.5. The van der Waals surface area contributed by atoms with Crippen LogP contribution in [0.5, 0.6) is 11.5 Å². The third kappa shape index (κ3) is 7.61. The van der Waals surface area contributed by atoms with Crippen LogP contribution in [0.4, 0.5) is 13.2 Å². The zero-order valence-electron chi connectivity index (χ0n) is 26.6. The Bertz CT molecular complexity index is 1510. The Kier molecular flexibility index (Phi) is 10.6. The average molecular weight is 661 g/mol. The first kappa shape index (κ1) is 35.1. The van der Waals surface area contributed by atoms with Gasteiger partial charge in [-0.25, -0.2) is 4.79 Å². The molecule has 46 heavy (non-hydrogen) atoms. The molecular formula is C35H40ClF3N2O5. The second kappa shape index (κ2) is 13.9. The van der Waals surface area contributed by atoms with E-state index in [0.717, 1.165) is 12.1 Å². The van der Waals surface area contributed by atoms with Gasteiger partial charge in [0, 0.05) is 29.1 Å². The minimum Gasteiger partial charge on any atom is -0.496 e. The Hall–Kier alpha value is -3.76. The number of aliphatic carboxylic acids is 1. The van der Waals surface area contributed by atoms with Crippen LogP contribution in [0, 0.1) is 17.3 Å². The summed E-state index contributed by atoms with van der Waals surface area (Å²) in [4.78, 5) is 29.2. The fourth-order valence-corrected chi connectivity index (χ4v) is 6.45. The third-order valence-corrected chi connectivity index (χ3v) is 8.63. The van der Waals surface area contributed by atoms with E-state index in [1.807, 2.05) is 52.8 Å². The number of carboxylic acid groups (broad SMARTS) is 1. The van der Waals surface area contributed by atoms with Gasteiger partial charge in [0.15, 0.2) is 6.10 Å². The molecule has 0 radical (unpaired) electrons. The van der Waals surface area contributed by atoms with E-state index < -0.39 is 59.2 Å². The highest BCUT2D eigenvalue weighted by atomic mass is 35.5. The van der Waals surface area contributed by atoms with E-state index in [1.54, 1.807) is 36.4 Å². The number of carbonyl (C=O) groups is 2. The Balaban J connectivity index is 1.84. The topological polar surface area (TPSA) is 88.1 Å². The van der Waals surface area contributed by atoms with E-state index in [-0.39, 0.29) is 23.8 Å². The second-order valence-electron chi connectivity index (χ2n) is 12.9. The van der Waals surface area contributed by atoms with E-state index >= 15 is 0 Å². The Morgan fingerprint density at radius 1 is 1.00 bits per heavy atom. The Morgan fingerprint density at radius 2 is 1.63 bits per heavy atom. The van der Waals surface area contributed by atoms with Gasteiger partial charge in [-0.3, -0.25) is 4.79 Å². The van der Waals surface area contributed by atoms with Gasteiger partial charge in [-0.15, -0.1) is 0 Å². The summed E-state index contributed by atoms with van der Waals surface area (Å²) in [5.74, 6) is -2.06. The van der Waals surface area contributed by atoms with Crippen LogP contribution in [0.1, 0.15) is 57.4 Å². The van der Waals surface area contributed by atoms with Crippen LogP contribution in [-0.2, 0) is 22.3 Å². The van der Waals surface area contributed by atoms with Crippen molar-refractivity contribution in [1.29, 1.82) is 0 Å². The first-order valence-corrected chi connectivity index (χ1v) is 15.4. The molecule has 0 saturated carbocycles. The number of carbonyl (C=O) groups excluding carboxylic acids is 1. The SMILES string of the molecule is COc1ccc(C(F)(F)F)cc1CN[C@H]1[C@H](C(C)(C)C)[C@@H](C(=O)O)N(C(=O)C(Oc2ccc(Cl)cc2)C(C)C)[C@H]1c1ccccc1. The van der Waals surface area contributed by atoms with Crippen molar-refractivity contribution in [2.24, 2.45) is 17.3 Å². The lowest BCUT2D eigenvalue weighted by molar-refractivity contribution is -0.156. The second-order valence-corrected chi connectivity index (χ2v) is 13.4. The van der Waals surface area contributed by atoms with Crippen molar-refractivity contribution < 1.29 is 37.3 Å². The zero-order valence-corrected chi connectivity index (χ0v) is 27.4.